The number of anilines is 1. The summed E-state index contributed by atoms with van der Waals surface area (Å²) in [7, 11) is 0. The van der Waals surface area contributed by atoms with E-state index in [9.17, 15) is 4.39 Å². The summed E-state index contributed by atoms with van der Waals surface area (Å²) >= 11 is 0. The maximum Gasteiger partial charge on any atom is 0.232 e. The Hall–Kier alpha value is -2.71. The van der Waals surface area contributed by atoms with Gasteiger partial charge in [0.15, 0.2) is 5.65 Å². The van der Waals surface area contributed by atoms with E-state index in [0.717, 1.165) is 36.0 Å². The molecule has 0 amide bonds. The van der Waals surface area contributed by atoms with Gasteiger partial charge >= 0.3 is 0 Å². The Labute approximate surface area is 151 Å². The van der Waals surface area contributed by atoms with E-state index in [0.29, 0.717) is 30.5 Å². The lowest BCUT2D eigenvalue weighted by molar-refractivity contribution is 0.285. The number of ether oxygens (including phenoxy) is 1. The number of hydrogen-bond acceptors (Lipinski definition) is 7. The Bertz CT molecular complexity index is 861. The summed E-state index contributed by atoms with van der Waals surface area (Å²) in [5.41, 5.74) is 7.57. The molecular formula is C17H24FN7O. The number of allylic oxidation sites excluding steroid dienone is 1. The predicted octanol–water partition coefficient (Wildman–Crippen LogP) is 2.64. The van der Waals surface area contributed by atoms with Crippen molar-refractivity contribution >= 4 is 22.9 Å². The molecule has 0 radical (unpaired) electrons. The van der Waals surface area contributed by atoms with Crippen LogP contribution in [0.5, 0.6) is 0 Å². The average Bonchev–Trinajstić information content (AvgIpc) is 3.19. The molecular weight excluding hydrogens is 337 g/mol. The third kappa shape index (κ3) is 4.09. The second kappa shape index (κ2) is 6.89. The van der Waals surface area contributed by atoms with Gasteiger partial charge in [-0.15, -0.1) is 0 Å². The fourth-order valence-corrected chi connectivity index (χ4v) is 2.40. The molecule has 1 aliphatic heterocycles. The molecule has 8 nitrogen and oxygen atoms in total. The zero-order chi connectivity index (χ0) is 18.9. The molecule has 0 saturated heterocycles. The summed E-state index contributed by atoms with van der Waals surface area (Å²) in [4.78, 5) is 8.74. The minimum absolute atomic E-state index is 0.00517. The molecule has 1 saturated carbocycles. The monoisotopic (exact) mass is 361 g/mol. The lowest BCUT2D eigenvalue weighted by Gasteiger charge is -2.12. The van der Waals surface area contributed by atoms with Gasteiger partial charge in [-0.25, -0.2) is 14.1 Å². The Balaban J connectivity index is 0.000000339. The van der Waals surface area contributed by atoms with Crippen LogP contribution in [0.1, 0.15) is 38.8 Å². The van der Waals surface area contributed by atoms with Crippen molar-refractivity contribution in [2.75, 3.05) is 11.9 Å². The van der Waals surface area contributed by atoms with Crippen molar-refractivity contribution in [3.8, 4) is 0 Å². The van der Waals surface area contributed by atoms with Gasteiger partial charge in [-0.1, -0.05) is 0 Å². The number of aryl methyl sites for hydroxylation is 2. The Kier molecular flexibility index (Phi) is 4.80. The number of hydrogen-bond donors (Lipinski definition) is 3. The van der Waals surface area contributed by atoms with Crippen molar-refractivity contribution in [3.05, 3.63) is 23.3 Å². The van der Waals surface area contributed by atoms with Crippen LogP contribution in [0.3, 0.4) is 0 Å². The molecule has 9 heteroatoms. The van der Waals surface area contributed by atoms with Gasteiger partial charge in [0, 0.05) is 24.9 Å². The molecule has 26 heavy (non-hydrogen) atoms. The van der Waals surface area contributed by atoms with Gasteiger partial charge < -0.3 is 15.8 Å². The first-order valence-corrected chi connectivity index (χ1v) is 8.61. The SMILES string of the molecule is C/C(N)=C1\Nc2ncc3c(C)nn(c3n2)CCCOC1=N.CC1(F)CC1. The number of nitrogens with zero attached hydrogens (tertiary/aromatic N) is 4. The highest BCUT2D eigenvalue weighted by Gasteiger charge is 2.36. The third-order valence-corrected chi connectivity index (χ3v) is 4.23. The maximum absolute atomic E-state index is 11.8. The van der Waals surface area contributed by atoms with Crippen LogP contribution in [-0.2, 0) is 11.3 Å². The highest BCUT2D eigenvalue weighted by molar-refractivity contribution is 5.94. The van der Waals surface area contributed by atoms with Crippen LogP contribution in [0.4, 0.5) is 10.3 Å². The zero-order valence-corrected chi connectivity index (χ0v) is 15.3. The van der Waals surface area contributed by atoms with Gasteiger partial charge in [-0.2, -0.15) is 10.1 Å². The van der Waals surface area contributed by atoms with E-state index in [1.165, 1.54) is 0 Å². The van der Waals surface area contributed by atoms with Crippen molar-refractivity contribution < 1.29 is 9.13 Å². The quantitative estimate of drug-likeness (QED) is 0.664. The molecule has 4 rings (SSSR count). The van der Waals surface area contributed by atoms with Crippen molar-refractivity contribution in [1.29, 1.82) is 5.41 Å². The first-order valence-electron chi connectivity index (χ1n) is 8.61. The molecule has 2 aliphatic rings. The minimum Gasteiger partial charge on any atom is -0.476 e. The fourth-order valence-electron chi connectivity index (χ4n) is 2.40. The second-order valence-electron chi connectivity index (χ2n) is 6.87. The molecule has 140 valence electrons. The van der Waals surface area contributed by atoms with Crippen LogP contribution < -0.4 is 11.1 Å². The van der Waals surface area contributed by atoms with Gasteiger partial charge in [0.05, 0.1) is 17.7 Å². The van der Waals surface area contributed by atoms with Crippen molar-refractivity contribution in [2.24, 2.45) is 5.73 Å². The van der Waals surface area contributed by atoms with E-state index in [1.54, 1.807) is 20.0 Å². The van der Waals surface area contributed by atoms with Crippen molar-refractivity contribution in [1.82, 2.24) is 19.7 Å². The number of nitrogens with one attached hydrogen (secondary N) is 2. The van der Waals surface area contributed by atoms with Gasteiger partial charge in [0.1, 0.15) is 11.4 Å². The number of aromatic nitrogens is 4. The van der Waals surface area contributed by atoms with E-state index in [2.05, 4.69) is 20.4 Å². The molecule has 2 aromatic rings. The molecule has 0 unspecified atom stereocenters. The molecule has 2 bridgehead atoms. The lowest BCUT2D eigenvalue weighted by atomic mass is 10.3. The van der Waals surface area contributed by atoms with Gasteiger partial charge in [0.25, 0.3) is 0 Å². The molecule has 0 atom stereocenters. The third-order valence-electron chi connectivity index (χ3n) is 4.23. The summed E-state index contributed by atoms with van der Waals surface area (Å²) in [5, 5.41) is 16.3. The van der Waals surface area contributed by atoms with Gasteiger partial charge in [0.2, 0.25) is 11.8 Å². The molecule has 2 aromatic heterocycles. The lowest BCUT2D eigenvalue weighted by Crippen LogP contribution is -2.20. The Morgan fingerprint density at radius 3 is 2.77 bits per heavy atom. The topological polar surface area (TPSA) is 115 Å². The summed E-state index contributed by atoms with van der Waals surface area (Å²) in [5.74, 6) is 0.369. The molecule has 4 N–H and O–H groups in total. The van der Waals surface area contributed by atoms with Crippen molar-refractivity contribution in [2.45, 2.75) is 52.2 Å². The average molecular weight is 361 g/mol. The summed E-state index contributed by atoms with van der Waals surface area (Å²) in [6.07, 6.45) is 4.03. The van der Waals surface area contributed by atoms with E-state index in [4.69, 9.17) is 15.9 Å². The van der Waals surface area contributed by atoms with E-state index < -0.39 is 5.67 Å². The summed E-state index contributed by atoms with van der Waals surface area (Å²) in [6, 6.07) is 0. The normalized spacial score (nSPS) is 20.4. The van der Waals surface area contributed by atoms with Gasteiger partial charge in [-0.05, 0) is 33.6 Å². The number of nitrogens with two attached hydrogens (primary N) is 1. The first-order chi connectivity index (χ1) is 12.3. The largest absolute Gasteiger partial charge is 0.476 e. The standard InChI is InChI=1S/C13H17N7O.C4H7F/c1-7(14)10-11(15)21-5-3-4-20-12-9(8(2)19-20)6-16-13(17-10)18-12;1-4(5)2-3-4/h6,15H,3-5,14H2,1-2H3,(H,16,17,18);2-3H2,1H3/b10-7+,15-11?;. The summed E-state index contributed by atoms with van der Waals surface area (Å²) in [6.45, 7) is 6.36. The molecule has 1 fully saturated rings. The Morgan fingerprint density at radius 1 is 1.46 bits per heavy atom. The fraction of sp³-hybridized carbons (Fsp3) is 0.529. The van der Waals surface area contributed by atoms with E-state index in [-0.39, 0.29) is 5.90 Å². The highest BCUT2D eigenvalue weighted by Crippen LogP contribution is 2.38. The smallest absolute Gasteiger partial charge is 0.232 e. The van der Waals surface area contributed by atoms with Gasteiger partial charge in [-0.3, -0.25) is 5.41 Å². The number of fused-ring (bicyclic) bond motifs is 1. The predicted molar refractivity (Wildman–Crippen MR) is 97.6 cm³/mol. The maximum atomic E-state index is 11.8. The summed E-state index contributed by atoms with van der Waals surface area (Å²) < 4.78 is 19.1. The van der Waals surface area contributed by atoms with Crippen molar-refractivity contribution in [3.63, 3.8) is 0 Å². The molecule has 3 heterocycles. The minimum atomic E-state index is -0.750. The number of halogens is 1. The first kappa shape index (κ1) is 18.1. The molecule has 0 spiro atoms. The van der Waals surface area contributed by atoms with Crippen LogP contribution in [0.15, 0.2) is 17.6 Å². The van der Waals surface area contributed by atoms with Crippen LogP contribution >= 0.6 is 0 Å². The zero-order valence-electron chi connectivity index (χ0n) is 15.3. The molecule has 0 aromatic carbocycles. The van der Waals surface area contributed by atoms with E-state index >= 15 is 0 Å². The second-order valence-corrected chi connectivity index (χ2v) is 6.87. The van der Waals surface area contributed by atoms with Crippen LogP contribution in [0.2, 0.25) is 0 Å². The van der Waals surface area contributed by atoms with Crippen LogP contribution in [-0.4, -0.2) is 37.9 Å². The Morgan fingerprint density at radius 2 is 2.15 bits per heavy atom. The van der Waals surface area contributed by atoms with E-state index in [1.807, 2.05) is 11.6 Å². The number of rotatable bonds is 0. The number of alkyl halides is 1. The van der Waals surface area contributed by atoms with Crippen LogP contribution in [0.25, 0.3) is 11.0 Å². The highest BCUT2D eigenvalue weighted by atomic mass is 19.1. The van der Waals surface area contributed by atoms with Crippen LogP contribution in [0, 0.1) is 12.3 Å². The molecule has 1 aliphatic carbocycles.